The molecule has 2 amide bonds. The smallest absolute Gasteiger partial charge is 0.339 e. The lowest BCUT2D eigenvalue weighted by Gasteiger charge is -2.21. The number of hydrogen-bond acceptors (Lipinski definition) is 3. The van der Waals surface area contributed by atoms with Crippen molar-refractivity contribution in [2.24, 2.45) is 0 Å². The fourth-order valence-corrected chi connectivity index (χ4v) is 2.05. The maximum atomic E-state index is 11.6. The van der Waals surface area contributed by atoms with E-state index >= 15 is 0 Å². The topological polar surface area (TPSA) is 99.1 Å². The van der Waals surface area contributed by atoms with Gasteiger partial charge in [0.05, 0.1) is 12.7 Å². The summed E-state index contributed by atoms with van der Waals surface area (Å²) in [5.41, 5.74) is 0.899. The highest BCUT2D eigenvalue weighted by Gasteiger charge is 2.17. The minimum atomic E-state index is -4.05. The molecule has 20 heavy (non-hydrogen) atoms. The number of nitrogens with zero attached hydrogens (tertiary/aromatic N) is 1. The van der Waals surface area contributed by atoms with Crippen LogP contribution in [0.5, 0.6) is 0 Å². The number of amides is 2. The normalized spacial score (nSPS) is 11.2. The molecule has 0 aliphatic rings. The van der Waals surface area contributed by atoms with Gasteiger partial charge in [0.2, 0.25) is 0 Å². The maximum Gasteiger partial charge on any atom is 0.341 e. The Labute approximate surface area is 117 Å². The van der Waals surface area contributed by atoms with E-state index in [1.165, 1.54) is 7.05 Å². The summed E-state index contributed by atoms with van der Waals surface area (Å²) in [6.07, 6.45) is -0.123. The number of urea groups is 1. The Morgan fingerprint density at radius 2 is 2.00 bits per heavy atom. The van der Waals surface area contributed by atoms with Gasteiger partial charge in [0.25, 0.3) is 0 Å². The van der Waals surface area contributed by atoms with E-state index in [0.717, 1.165) is 10.6 Å². The third kappa shape index (κ3) is 6.68. The predicted octanol–water partition coefficient (Wildman–Crippen LogP) is 1.33. The number of carbonyl (C=O) groups excluding carboxylic acids is 1. The molecule has 1 aromatic carbocycles. The summed E-state index contributed by atoms with van der Waals surface area (Å²) in [5, 5.41) is 3.49. The second kappa shape index (κ2) is 8.01. The van der Waals surface area contributed by atoms with Crippen LogP contribution in [0.15, 0.2) is 30.3 Å². The molecule has 0 fully saturated rings. The minimum absolute atomic E-state index is 0.109. The second-order valence-electron chi connectivity index (χ2n) is 4.16. The molecule has 3 N–H and O–H groups in total. The Balaban J connectivity index is 2.48. The van der Waals surface area contributed by atoms with Crippen molar-refractivity contribution in [2.45, 2.75) is 13.0 Å². The summed E-state index contributed by atoms with van der Waals surface area (Å²) in [6, 6.07) is 8.86. The summed E-state index contributed by atoms with van der Waals surface area (Å²) in [4.78, 5) is 34.5. The first-order valence-corrected chi connectivity index (χ1v) is 7.93. The molecule has 0 aliphatic carbocycles. The number of hydrogen-bond donors (Lipinski definition) is 3. The van der Waals surface area contributed by atoms with Crippen LogP contribution in [-0.4, -0.2) is 40.6 Å². The standard InChI is InChI=1S/C12H19N2O5P/c1-13-12(15)14(8-5-9-20(16,17)18)19-10-11-6-3-2-4-7-11/h2-4,6-7H,5,8-10H2,1H3,(H,13,15)(H2,16,17,18). The van der Waals surface area contributed by atoms with Gasteiger partial charge >= 0.3 is 13.6 Å². The van der Waals surface area contributed by atoms with Crippen LogP contribution in [0.3, 0.4) is 0 Å². The van der Waals surface area contributed by atoms with Crippen LogP contribution in [0.1, 0.15) is 12.0 Å². The number of nitrogens with one attached hydrogen (secondary N) is 1. The monoisotopic (exact) mass is 302 g/mol. The minimum Gasteiger partial charge on any atom is -0.339 e. The number of benzene rings is 1. The van der Waals surface area contributed by atoms with Crippen molar-refractivity contribution in [3.63, 3.8) is 0 Å². The SMILES string of the molecule is CNC(=O)N(CCCP(=O)(O)O)OCc1ccccc1. The quantitative estimate of drug-likeness (QED) is 0.521. The molecule has 0 atom stereocenters. The summed E-state index contributed by atoms with van der Waals surface area (Å²) in [6.45, 7) is 0.321. The fraction of sp³-hybridized carbons (Fsp3) is 0.417. The molecule has 7 nitrogen and oxygen atoms in total. The van der Waals surface area contributed by atoms with Gasteiger partial charge in [-0.2, -0.15) is 0 Å². The lowest BCUT2D eigenvalue weighted by atomic mass is 10.2. The maximum absolute atomic E-state index is 11.6. The van der Waals surface area contributed by atoms with Gasteiger partial charge in [-0.05, 0) is 12.0 Å². The molecule has 0 bridgehead atoms. The van der Waals surface area contributed by atoms with Gasteiger partial charge in [-0.25, -0.2) is 9.86 Å². The van der Waals surface area contributed by atoms with E-state index in [9.17, 15) is 9.36 Å². The van der Waals surface area contributed by atoms with Crippen molar-refractivity contribution < 1.29 is 24.0 Å². The van der Waals surface area contributed by atoms with Crippen LogP contribution in [-0.2, 0) is 16.0 Å². The van der Waals surface area contributed by atoms with Crippen molar-refractivity contribution in [3.8, 4) is 0 Å². The molecular formula is C12H19N2O5P. The van der Waals surface area contributed by atoms with Crippen molar-refractivity contribution in [1.82, 2.24) is 10.4 Å². The van der Waals surface area contributed by atoms with Crippen molar-refractivity contribution in [1.29, 1.82) is 0 Å². The zero-order valence-corrected chi connectivity index (χ0v) is 12.1. The van der Waals surface area contributed by atoms with Crippen molar-refractivity contribution >= 4 is 13.6 Å². The Morgan fingerprint density at radius 3 is 2.55 bits per heavy atom. The molecule has 1 rings (SSSR count). The van der Waals surface area contributed by atoms with E-state index in [1.807, 2.05) is 30.3 Å². The van der Waals surface area contributed by atoms with E-state index in [0.29, 0.717) is 0 Å². The van der Waals surface area contributed by atoms with Crippen LogP contribution in [0.25, 0.3) is 0 Å². The summed E-state index contributed by atoms with van der Waals surface area (Å²) < 4.78 is 10.8. The number of carbonyl (C=O) groups is 1. The van der Waals surface area contributed by atoms with E-state index in [4.69, 9.17) is 14.6 Å². The van der Waals surface area contributed by atoms with Crippen molar-refractivity contribution in [2.75, 3.05) is 19.8 Å². The summed E-state index contributed by atoms with van der Waals surface area (Å²) in [5.74, 6) is 0. The first kappa shape index (κ1) is 16.7. The molecule has 0 unspecified atom stereocenters. The predicted molar refractivity (Wildman–Crippen MR) is 73.9 cm³/mol. The average Bonchev–Trinajstić information content (AvgIpc) is 2.41. The molecular weight excluding hydrogens is 283 g/mol. The molecule has 0 aromatic heterocycles. The van der Waals surface area contributed by atoms with E-state index in [-0.39, 0.29) is 25.7 Å². The van der Waals surface area contributed by atoms with E-state index in [1.54, 1.807) is 0 Å². The van der Waals surface area contributed by atoms with Crippen LogP contribution in [0, 0.1) is 0 Å². The fourth-order valence-electron chi connectivity index (χ4n) is 1.50. The van der Waals surface area contributed by atoms with Crippen molar-refractivity contribution in [3.05, 3.63) is 35.9 Å². The molecule has 0 spiro atoms. The van der Waals surface area contributed by atoms with Gasteiger partial charge in [-0.1, -0.05) is 30.3 Å². The third-order valence-corrected chi connectivity index (χ3v) is 3.38. The van der Waals surface area contributed by atoms with Crippen LogP contribution in [0.2, 0.25) is 0 Å². The Kier molecular flexibility index (Phi) is 6.67. The molecule has 0 aliphatic heterocycles. The van der Waals surface area contributed by atoms with Crippen LogP contribution < -0.4 is 5.32 Å². The second-order valence-corrected chi connectivity index (χ2v) is 5.93. The highest BCUT2D eigenvalue weighted by Crippen LogP contribution is 2.34. The molecule has 0 radical (unpaired) electrons. The van der Waals surface area contributed by atoms with Gasteiger partial charge in [0.15, 0.2) is 0 Å². The lowest BCUT2D eigenvalue weighted by molar-refractivity contribution is -0.127. The van der Waals surface area contributed by atoms with Gasteiger partial charge in [-0.3, -0.25) is 9.40 Å². The lowest BCUT2D eigenvalue weighted by Crippen LogP contribution is -2.38. The molecule has 0 saturated carbocycles. The molecule has 112 valence electrons. The third-order valence-electron chi connectivity index (χ3n) is 2.48. The van der Waals surface area contributed by atoms with Gasteiger partial charge in [0.1, 0.15) is 6.61 Å². The first-order valence-electron chi connectivity index (χ1n) is 6.13. The van der Waals surface area contributed by atoms with Gasteiger partial charge in [0, 0.05) is 7.05 Å². The van der Waals surface area contributed by atoms with Crippen LogP contribution >= 0.6 is 7.60 Å². The highest BCUT2D eigenvalue weighted by molar-refractivity contribution is 7.51. The van der Waals surface area contributed by atoms with E-state index in [2.05, 4.69) is 5.32 Å². The molecule has 0 heterocycles. The zero-order chi connectivity index (χ0) is 15.0. The summed E-state index contributed by atoms with van der Waals surface area (Å²) >= 11 is 0. The molecule has 0 saturated heterocycles. The van der Waals surface area contributed by atoms with Gasteiger partial charge < -0.3 is 15.1 Å². The first-order chi connectivity index (χ1) is 9.42. The van der Waals surface area contributed by atoms with Gasteiger partial charge in [-0.15, -0.1) is 0 Å². The zero-order valence-electron chi connectivity index (χ0n) is 11.2. The Bertz CT molecular complexity index is 462. The highest BCUT2D eigenvalue weighted by atomic mass is 31.2. The Morgan fingerprint density at radius 1 is 1.35 bits per heavy atom. The Hall–Kier alpha value is -1.40. The largest absolute Gasteiger partial charge is 0.341 e. The molecule has 1 aromatic rings. The molecule has 8 heteroatoms. The summed E-state index contributed by atoms with van der Waals surface area (Å²) in [7, 11) is -2.59. The van der Waals surface area contributed by atoms with E-state index < -0.39 is 13.6 Å². The number of rotatable bonds is 7. The number of hydroxylamine groups is 2. The average molecular weight is 302 g/mol. The van der Waals surface area contributed by atoms with Crippen LogP contribution in [0.4, 0.5) is 4.79 Å².